The van der Waals surface area contributed by atoms with Gasteiger partial charge in [-0.2, -0.15) is 0 Å². The topological polar surface area (TPSA) is 59.3 Å². The summed E-state index contributed by atoms with van der Waals surface area (Å²) in [4.78, 5) is 24.2. The van der Waals surface area contributed by atoms with Crippen molar-refractivity contribution in [3.63, 3.8) is 0 Å². The standard InChI is InChI=1S/C17H12FNO3/c1-10-6-7-12(18)9-14(10)19-16(20)13-8-11-4-2-3-5-15(11)22-17(13)21/h2-9H,1H3,(H,19,20). The van der Waals surface area contributed by atoms with Gasteiger partial charge in [0.1, 0.15) is 17.0 Å². The third-order valence-electron chi connectivity index (χ3n) is 3.33. The van der Waals surface area contributed by atoms with Crippen molar-refractivity contribution in [2.24, 2.45) is 0 Å². The van der Waals surface area contributed by atoms with E-state index in [1.807, 2.05) is 0 Å². The van der Waals surface area contributed by atoms with Gasteiger partial charge in [0.2, 0.25) is 0 Å². The molecule has 0 bridgehead atoms. The maximum absolute atomic E-state index is 13.3. The molecule has 0 aliphatic heterocycles. The fourth-order valence-electron chi connectivity index (χ4n) is 2.14. The summed E-state index contributed by atoms with van der Waals surface area (Å²) >= 11 is 0. The first-order valence-electron chi connectivity index (χ1n) is 6.65. The first kappa shape index (κ1) is 14.0. The molecule has 4 nitrogen and oxygen atoms in total. The Labute approximate surface area is 125 Å². The van der Waals surface area contributed by atoms with Crippen molar-refractivity contribution < 1.29 is 13.6 Å². The normalized spacial score (nSPS) is 10.6. The molecule has 2 aromatic carbocycles. The van der Waals surface area contributed by atoms with Gasteiger partial charge in [-0.25, -0.2) is 9.18 Å². The number of hydrogen-bond acceptors (Lipinski definition) is 3. The second kappa shape index (κ2) is 5.44. The first-order valence-corrected chi connectivity index (χ1v) is 6.65. The number of aryl methyl sites for hydroxylation is 1. The smallest absolute Gasteiger partial charge is 0.349 e. The van der Waals surface area contributed by atoms with E-state index in [9.17, 15) is 14.0 Å². The fourth-order valence-corrected chi connectivity index (χ4v) is 2.14. The Hall–Kier alpha value is -2.95. The molecular formula is C17H12FNO3. The molecule has 0 aliphatic carbocycles. The van der Waals surface area contributed by atoms with Crippen LogP contribution in [0.4, 0.5) is 10.1 Å². The zero-order valence-electron chi connectivity index (χ0n) is 11.7. The van der Waals surface area contributed by atoms with Crippen LogP contribution in [0.5, 0.6) is 0 Å². The zero-order valence-corrected chi connectivity index (χ0v) is 11.7. The number of rotatable bonds is 2. The Kier molecular flexibility index (Phi) is 3.47. The van der Waals surface area contributed by atoms with Crippen molar-refractivity contribution in [1.82, 2.24) is 0 Å². The predicted molar refractivity (Wildman–Crippen MR) is 81.6 cm³/mol. The lowest BCUT2D eigenvalue weighted by atomic mass is 10.1. The van der Waals surface area contributed by atoms with E-state index in [1.54, 1.807) is 37.3 Å². The van der Waals surface area contributed by atoms with E-state index in [4.69, 9.17) is 4.42 Å². The van der Waals surface area contributed by atoms with Gasteiger partial charge in [0.15, 0.2) is 0 Å². The van der Waals surface area contributed by atoms with Crippen LogP contribution >= 0.6 is 0 Å². The Bertz CT molecular complexity index is 931. The average Bonchev–Trinajstić information content (AvgIpc) is 2.50. The van der Waals surface area contributed by atoms with E-state index < -0.39 is 17.3 Å². The quantitative estimate of drug-likeness (QED) is 0.737. The molecule has 22 heavy (non-hydrogen) atoms. The van der Waals surface area contributed by atoms with Crippen LogP contribution < -0.4 is 10.9 Å². The molecule has 1 amide bonds. The lowest BCUT2D eigenvalue weighted by Crippen LogP contribution is -2.21. The van der Waals surface area contributed by atoms with Gasteiger partial charge in [-0.05, 0) is 36.8 Å². The minimum absolute atomic E-state index is 0.123. The molecule has 0 unspecified atom stereocenters. The van der Waals surface area contributed by atoms with Crippen LogP contribution in [0.1, 0.15) is 15.9 Å². The number of carbonyl (C=O) groups is 1. The largest absolute Gasteiger partial charge is 0.422 e. The van der Waals surface area contributed by atoms with Crippen molar-refractivity contribution in [2.75, 3.05) is 5.32 Å². The van der Waals surface area contributed by atoms with Crippen molar-refractivity contribution >= 4 is 22.6 Å². The van der Waals surface area contributed by atoms with Crippen LogP contribution in [0, 0.1) is 12.7 Å². The molecule has 110 valence electrons. The molecule has 3 rings (SSSR count). The summed E-state index contributed by atoms with van der Waals surface area (Å²) in [5.41, 5.74) is 0.566. The summed E-state index contributed by atoms with van der Waals surface area (Å²) in [5, 5.41) is 3.18. The van der Waals surface area contributed by atoms with Crippen LogP contribution in [0.3, 0.4) is 0 Å². The van der Waals surface area contributed by atoms with Gasteiger partial charge >= 0.3 is 5.63 Å². The molecule has 0 aliphatic rings. The van der Waals surface area contributed by atoms with Gasteiger partial charge in [0.05, 0.1) is 0 Å². The second-order valence-corrected chi connectivity index (χ2v) is 4.90. The molecule has 0 saturated heterocycles. The molecule has 1 heterocycles. The average molecular weight is 297 g/mol. The highest BCUT2D eigenvalue weighted by Gasteiger charge is 2.15. The van der Waals surface area contributed by atoms with Crippen molar-refractivity contribution in [3.05, 3.63) is 75.9 Å². The van der Waals surface area contributed by atoms with Gasteiger partial charge in [-0.15, -0.1) is 0 Å². The van der Waals surface area contributed by atoms with Gasteiger partial charge in [0, 0.05) is 11.1 Å². The minimum atomic E-state index is -0.731. The number of anilines is 1. The molecule has 0 saturated carbocycles. The van der Waals surface area contributed by atoms with Crippen LogP contribution in [0.25, 0.3) is 11.0 Å². The number of amides is 1. The van der Waals surface area contributed by atoms with Crippen LogP contribution in [0.15, 0.2) is 57.7 Å². The maximum Gasteiger partial charge on any atom is 0.349 e. The summed E-state index contributed by atoms with van der Waals surface area (Å²) in [6.07, 6.45) is 0. The Morgan fingerprint density at radius 1 is 1.14 bits per heavy atom. The van der Waals surface area contributed by atoms with Crippen molar-refractivity contribution in [1.29, 1.82) is 0 Å². The highest BCUT2D eigenvalue weighted by molar-refractivity contribution is 6.05. The number of halogens is 1. The molecule has 1 N–H and O–H groups in total. The molecule has 0 spiro atoms. The molecule has 0 fully saturated rings. The fraction of sp³-hybridized carbons (Fsp3) is 0.0588. The highest BCUT2D eigenvalue weighted by atomic mass is 19.1. The zero-order chi connectivity index (χ0) is 15.7. The first-order chi connectivity index (χ1) is 10.5. The summed E-state index contributed by atoms with van der Waals surface area (Å²) in [6, 6.07) is 12.4. The highest BCUT2D eigenvalue weighted by Crippen LogP contribution is 2.18. The van der Waals surface area contributed by atoms with E-state index in [0.717, 1.165) is 0 Å². The van der Waals surface area contributed by atoms with Gasteiger partial charge < -0.3 is 9.73 Å². The Morgan fingerprint density at radius 2 is 1.91 bits per heavy atom. The number of carbonyl (C=O) groups excluding carboxylic acids is 1. The van der Waals surface area contributed by atoms with Gasteiger partial charge in [0.25, 0.3) is 5.91 Å². The molecule has 0 atom stereocenters. The third-order valence-corrected chi connectivity index (χ3v) is 3.33. The molecular weight excluding hydrogens is 285 g/mol. The molecule has 1 aromatic heterocycles. The van der Waals surface area contributed by atoms with E-state index in [0.29, 0.717) is 22.2 Å². The van der Waals surface area contributed by atoms with Crippen molar-refractivity contribution in [2.45, 2.75) is 6.92 Å². The summed E-state index contributed by atoms with van der Waals surface area (Å²) in [5.74, 6) is -1.10. The van der Waals surface area contributed by atoms with Crippen LogP contribution in [0.2, 0.25) is 0 Å². The lowest BCUT2D eigenvalue weighted by Gasteiger charge is -2.08. The number of nitrogens with one attached hydrogen (secondary N) is 1. The van der Waals surface area contributed by atoms with E-state index >= 15 is 0 Å². The number of para-hydroxylation sites is 1. The molecule has 0 radical (unpaired) electrons. The minimum Gasteiger partial charge on any atom is -0.422 e. The van der Waals surface area contributed by atoms with Gasteiger partial charge in [-0.3, -0.25) is 4.79 Å². The maximum atomic E-state index is 13.3. The van der Waals surface area contributed by atoms with E-state index in [2.05, 4.69) is 5.32 Å². The summed E-state index contributed by atoms with van der Waals surface area (Å²) < 4.78 is 18.4. The number of benzene rings is 2. The lowest BCUT2D eigenvalue weighted by molar-refractivity contribution is 0.102. The third kappa shape index (κ3) is 2.61. The summed E-state index contributed by atoms with van der Waals surface area (Å²) in [7, 11) is 0. The summed E-state index contributed by atoms with van der Waals surface area (Å²) in [6.45, 7) is 1.73. The van der Waals surface area contributed by atoms with Crippen molar-refractivity contribution in [3.8, 4) is 0 Å². The number of hydrogen-bond donors (Lipinski definition) is 1. The SMILES string of the molecule is Cc1ccc(F)cc1NC(=O)c1cc2ccccc2oc1=O. The number of fused-ring (bicyclic) bond motifs is 1. The van der Waals surface area contributed by atoms with Crippen LogP contribution in [-0.4, -0.2) is 5.91 Å². The molecule has 3 aromatic rings. The predicted octanol–water partition coefficient (Wildman–Crippen LogP) is 3.49. The monoisotopic (exact) mass is 297 g/mol. The molecule has 5 heteroatoms. The van der Waals surface area contributed by atoms with E-state index in [1.165, 1.54) is 18.2 Å². The Morgan fingerprint density at radius 3 is 2.73 bits per heavy atom. The van der Waals surface area contributed by atoms with Crippen LogP contribution in [-0.2, 0) is 0 Å². The van der Waals surface area contributed by atoms with Gasteiger partial charge in [-0.1, -0.05) is 24.3 Å². The van der Waals surface area contributed by atoms with E-state index in [-0.39, 0.29) is 5.56 Å². The second-order valence-electron chi connectivity index (χ2n) is 4.90. The Balaban J connectivity index is 2.00.